The fourth-order valence-electron chi connectivity index (χ4n) is 1.37. The second-order valence-electron chi connectivity index (χ2n) is 4.37. The minimum atomic E-state index is -1.24. The summed E-state index contributed by atoms with van der Waals surface area (Å²) in [7, 11) is 0. The first-order valence-electron chi connectivity index (χ1n) is 4.44. The van der Waals surface area contributed by atoms with Crippen LogP contribution in [0.5, 0.6) is 0 Å². The van der Waals surface area contributed by atoms with E-state index in [1.165, 1.54) is 13.0 Å². The van der Waals surface area contributed by atoms with Gasteiger partial charge < -0.3 is 10.2 Å². The zero-order chi connectivity index (χ0) is 10.3. The normalized spacial score (nSPS) is 30.2. The van der Waals surface area contributed by atoms with Crippen LogP contribution in [0, 0.1) is 0 Å². The van der Waals surface area contributed by atoms with E-state index in [1.54, 1.807) is 13.8 Å². The summed E-state index contributed by atoms with van der Waals surface area (Å²) in [5, 5.41) is 19.2. The Labute approximate surface area is 78.1 Å². The summed E-state index contributed by atoms with van der Waals surface area (Å²) >= 11 is 0. The number of carbonyl (C=O) groups is 1. The lowest BCUT2D eigenvalue weighted by Gasteiger charge is -2.30. The van der Waals surface area contributed by atoms with E-state index in [4.69, 9.17) is 0 Å². The lowest BCUT2D eigenvalue weighted by molar-refractivity contribution is -0.132. The molecule has 0 spiro atoms. The van der Waals surface area contributed by atoms with Crippen LogP contribution in [0.2, 0.25) is 0 Å². The summed E-state index contributed by atoms with van der Waals surface area (Å²) in [5.41, 5.74) is -1.50. The van der Waals surface area contributed by atoms with Crippen molar-refractivity contribution in [1.29, 1.82) is 0 Å². The van der Waals surface area contributed by atoms with Crippen LogP contribution in [0.15, 0.2) is 11.6 Å². The fourth-order valence-corrected chi connectivity index (χ4v) is 1.37. The molecular formula is C10H16O3. The van der Waals surface area contributed by atoms with Gasteiger partial charge in [-0.3, -0.25) is 4.79 Å². The smallest absolute Gasteiger partial charge is 0.186 e. The van der Waals surface area contributed by atoms with Gasteiger partial charge in [0.2, 0.25) is 0 Å². The molecule has 0 saturated heterocycles. The van der Waals surface area contributed by atoms with Gasteiger partial charge in [0.15, 0.2) is 5.78 Å². The topological polar surface area (TPSA) is 57.5 Å². The Kier molecular flexibility index (Phi) is 2.34. The average Bonchev–Trinajstić information content (AvgIpc) is 1.92. The van der Waals surface area contributed by atoms with E-state index in [2.05, 4.69) is 0 Å². The first-order chi connectivity index (χ1) is 5.73. The van der Waals surface area contributed by atoms with Crippen LogP contribution in [0.3, 0.4) is 0 Å². The van der Waals surface area contributed by atoms with Crippen molar-refractivity contribution >= 4 is 5.78 Å². The summed E-state index contributed by atoms with van der Waals surface area (Å²) in [4.78, 5) is 11.3. The summed E-state index contributed by atoms with van der Waals surface area (Å²) in [6.45, 7) is 4.80. The van der Waals surface area contributed by atoms with E-state index < -0.39 is 11.2 Å². The van der Waals surface area contributed by atoms with Crippen molar-refractivity contribution in [2.75, 3.05) is 0 Å². The van der Waals surface area contributed by atoms with Crippen LogP contribution in [0.25, 0.3) is 0 Å². The molecule has 0 bridgehead atoms. The molecule has 3 nitrogen and oxygen atoms in total. The minimum absolute atomic E-state index is 0.309. The summed E-state index contributed by atoms with van der Waals surface area (Å²) in [6, 6.07) is 0. The van der Waals surface area contributed by atoms with Gasteiger partial charge >= 0.3 is 0 Å². The fraction of sp³-hybridized carbons (Fsp3) is 0.700. The Morgan fingerprint density at radius 3 is 2.46 bits per heavy atom. The highest BCUT2D eigenvalue weighted by molar-refractivity contribution is 5.98. The largest absolute Gasteiger partial charge is 0.386 e. The lowest BCUT2D eigenvalue weighted by Crippen LogP contribution is -2.39. The first kappa shape index (κ1) is 10.4. The monoisotopic (exact) mass is 184 g/mol. The molecular weight excluding hydrogens is 168 g/mol. The van der Waals surface area contributed by atoms with Crippen molar-refractivity contribution in [2.24, 2.45) is 0 Å². The van der Waals surface area contributed by atoms with E-state index in [1.807, 2.05) is 0 Å². The van der Waals surface area contributed by atoms with Gasteiger partial charge in [0, 0.05) is 0 Å². The number of hydrogen-bond donors (Lipinski definition) is 2. The Hall–Kier alpha value is -0.670. The van der Waals surface area contributed by atoms with Gasteiger partial charge in [-0.25, -0.2) is 0 Å². The van der Waals surface area contributed by atoms with Gasteiger partial charge in [-0.05, 0) is 45.3 Å². The van der Waals surface area contributed by atoms with Gasteiger partial charge in [-0.1, -0.05) is 0 Å². The highest BCUT2D eigenvalue weighted by Gasteiger charge is 2.35. The maximum absolute atomic E-state index is 11.3. The molecule has 13 heavy (non-hydrogen) atoms. The van der Waals surface area contributed by atoms with E-state index in [0.717, 1.165) is 0 Å². The van der Waals surface area contributed by atoms with Crippen LogP contribution < -0.4 is 0 Å². The number of rotatable bonds is 1. The van der Waals surface area contributed by atoms with Crippen LogP contribution in [0.1, 0.15) is 33.6 Å². The van der Waals surface area contributed by atoms with Gasteiger partial charge in [0.1, 0.15) is 5.60 Å². The van der Waals surface area contributed by atoms with Crippen molar-refractivity contribution in [1.82, 2.24) is 0 Å². The van der Waals surface area contributed by atoms with Gasteiger partial charge in [0.05, 0.1) is 5.60 Å². The third-order valence-electron chi connectivity index (χ3n) is 2.50. The molecule has 0 aromatic carbocycles. The Morgan fingerprint density at radius 1 is 1.54 bits per heavy atom. The van der Waals surface area contributed by atoms with E-state index in [-0.39, 0.29) is 5.78 Å². The number of ketones is 1. The lowest BCUT2D eigenvalue weighted by atomic mass is 9.80. The third-order valence-corrected chi connectivity index (χ3v) is 2.50. The van der Waals surface area contributed by atoms with Crippen molar-refractivity contribution in [3.8, 4) is 0 Å². The van der Waals surface area contributed by atoms with E-state index in [9.17, 15) is 15.0 Å². The molecule has 74 valence electrons. The van der Waals surface area contributed by atoms with Crippen molar-refractivity contribution < 1.29 is 15.0 Å². The quantitative estimate of drug-likeness (QED) is 0.633. The van der Waals surface area contributed by atoms with Crippen LogP contribution >= 0.6 is 0 Å². The molecule has 1 aliphatic carbocycles. The molecule has 2 N–H and O–H groups in total. The van der Waals surface area contributed by atoms with Crippen molar-refractivity contribution in [3.05, 3.63) is 11.6 Å². The van der Waals surface area contributed by atoms with Crippen LogP contribution in [-0.2, 0) is 4.79 Å². The zero-order valence-electron chi connectivity index (χ0n) is 8.29. The van der Waals surface area contributed by atoms with Crippen molar-refractivity contribution in [3.63, 3.8) is 0 Å². The van der Waals surface area contributed by atoms with Gasteiger partial charge in [-0.2, -0.15) is 0 Å². The Balaban J connectivity index is 2.92. The van der Waals surface area contributed by atoms with Crippen LogP contribution in [-0.4, -0.2) is 27.2 Å². The second-order valence-corrected chi connectivity index (χ2v) is 4.37. The molecule has 1 rings (SSSR count). The standard InChI is InChI=1S/C10H16O3/c1-9(2,12)7-4-5-10(3,13)8(11)6-7/h6,12-13H,4-5H2,1-3H3/t10-/m0/s1. The number of carbonyl (C=O) groups excluding carboxylic acids is 1. The molecule has 3 heteroatoms. The Morgan fingerprint density at radius 2 is 2.08 bits per heavy atom. The highest BCUT2D eigenvalue weighted by Crippen LogP contribution is 2.30. The molecule has 1 aliphatic rings. The summed E-state index contributed by atoms with van der Waals surface area (Å²) in [5.74, 6) is -0.309. The van der Waals surface area contributed by atoms with Crippen molar-refractivity contribution in [2.45, 2.75) is 44.8 Å². The predicted octanol–water partition coefficient (Wildman–Crippen LogP) is 0.798. The average molecular weight is 184 g/mol. The highest BCUT2D eigenvalue weighted by atomic mass is 16.3. The second kappa shape index (κ2) is 2.93. The molecule has 0 aromatic rings. The van der Waals surface area contributed by atoms with Gasteiger partial charge in [-0.15, -0.1) is 0 Å². The molecule has 1 atom stereocenters. The molecule has 0 aliphatic heterocycles. The molecule has 0 aromatic heterocycles. The third kappa shape index (κ3) is 2.17. The zero-order valence-corrected chi connectivity index (χ0v) is 8.29. The first-order valence-corrected chi connectivity index (χ1v) is 4.44. The maximum Gasteiger partial charge on any atom is 0.186 e. The predicted molar refractivity (Wildman–Crippen MR) is 49.2 cm³/mol. The van der Waals surface area contributed by atoms with E-state index >= 15 is 0 Å². The molecule has 0 fully saturated rings. The van der Waals surface area contributed by atoms with Gasteiger partial charge in [0.25, 0.3) is 0 Å². The minimum Gasteiger partial charge on any atom is -0.386 e. The Bertz CT molecular complexity index is 256. The van der Waals surface area contributed by atoms with Crippen LogP contribution in [0.4, 0.5) is 0 Å². The maximum atomic E-state index is 11.3. The molecule has 0 heterocycles. The van der Waals surface area contributed by atoms with E-state index in [0.29, 0.717) is 18.4 Å². The summed E-state index contributed by atoms with van der Waals surface area (Å²) < 4.78 is 0. The molecule has 0 unspecified atom stereocenters. The summed E-state index contributed by atoms with van der Waals surface area (Å²) in [6.07, 6.45) is 2.33. The number of aliphatic hydroxyl groups is 2. The SMILES string of the molecule is CC(C)(O)C1=CC(=O)[C@@](C)(O)CC1. The molecule has 0 amide bonds. The molecule has 0 radical (unpaired) electrons. The number of hydrogen-bond acceptors (Lipinski definition) is 3. The molecule has 0 saturated carbocycles.